The maximum atomic E-state index is 13.7. The van der Waals surface area contributed by atoms with Crippen molar-refractivity contribution in [1.82, 2.24) is 20.4 Å². The van der Waals surface area contributed by atoms with Crippen LogP contribution in [0.1, 0.15) is 23.6 Å². The van der Waals surface area contributed by atoms with Crippen LogP contribution in [0.15, 0.2) is 42.5 Å². The molecule has 10 heteroatoms. The van der Waals surface area contributed by atoms with E-state index in [1.165, 1.54) is 17.5 Å². The molecule has 2 atom stereocenters. The van der Waals surface area contributed by atoms with E-state index in [0.29, 0.717) is 6.54 Å². The normalized spacial score (nSPS) is 15.7. The number of carbonyl (C=O) groups is 3. The molecule has 1 heterocycles. The molecule has 2 unspecified atom stereocenters. The van der Waals surface area contributed by atoms with Gasteiger partial charge in [-0.1, -0.05) is 31.2 Å². The number of likely N-dealkylation sites (N-methyl/N-ethyl adjacent to an activating group) is 1. The Balaban J connectivity index is 1.65. The van der Waals surface area contributed by atoms with Gasteiger partial charge in [-0.25, -0.2) is 8.78 Å². The standard InChI is InChI=1S/C26H32F2N4O4/c1-3-17-5-4-6-18(7-17)12-29-13-23(33)22(10-19-8-20(27)11-21(28)9-19)30-24(34)14-32-16-25(35)31(2)15-26(32)36/h4-9,11,22-23,29,33H,3,10,12-16H2,1-2H3,(H,30,34). The fourth-order valence-electron chi connectivity index (χ4n) is 4.07. The number of amides is 3. The lowest BCUT2D eigenvalue weighted by atomic mass is 10.0. The highest BCUT2D eigenvalue weighted by Gasteiger charge is 2.30. The molecule has 0 aromatic heterocycles. The molecule has 3 rings (SSSR count). The Morgan fingerprint density at radius 1 is 1.03 bits per heavy atom. The van der Waals surface area contributed by atoms with E-state index in [0.717, 1.165) is 35.1 Å². The Bertz CT molecular complexity index is 1080. The van der Waals surface area contributed by atoms with Crippen molar-refractivity contribution in [3.05, 3.63) is 70.8 Å². The Hall–Kier alpha value is -3.37. The number of nitrogens with zero attached hydrogens (tertiary/aromatic N) is 2. The number of aryl methyl sites for hydroxylation is 1. The summed E-state index contributed by atoms with van der Waals surface area (Å²) < 4.78 is 27.5. The molecule has 1 aliphatic heterocycles. The van der Waals surface area contributed by atoms with Crippen LogP contribution in [0.4, 0.5) is 8.78 Å². The molecule has 0 spiro atoms. The largest absolute Gasteiger partial charge is 0.390 e. The van der Waals surface area contributed by atoms with Gasteiger partial charge in [0.2, 0.25) is 17.7 Å². The lowest BCUT2D eigenvalue weighted by Gasteiger charge is -2.32. The van der Waals surface area contributed by atoms with Crippen LogP contribution in [0.25, 0.3) is 0 Å². The molecule has 0 bridgehead atoms. The van der Waals surface area contributed by atoms with Crippen molar-refractivity contribution in [2.75, 3.05) is 33.2 Å². The zero-order valence-electron chi connectivity index (χ0n) is 20.5. The Kier molecular flexibility index (Phi) is 9.49. The van der Waals surface area contributed by atoms with Crippen molar-refractivity contribution in [2.24, 2.45) is 0 Å². The summed E-state index contributed by atoms with van der Waals surface area (Å²) in [5, 5.41) is 16.7. The topological polar surface area (TPSA) is 102 Å². The minimum absolute atomic E-state index is 0.0375. The summed E-state index contributed by atoms with van der Waals surface area (Å²) in [4.78, 5) is 39.3. The van der Waals surface area contributed by atoms with Crippen molar-refractivity contribution in [2.45, 2.75) is 38.5 Å². The number of carbonyl (C=O) groups excluding carboxylic acids is 3. The molecule has 0 radical (unpaired) electrons. The van der Waals surface area contributed by atoms with Crippen LogP contribution in [-0.2, 0) is 33.8 Å². The predicted octanol–water partition coefficient (Wildman–Crippen LogP) is 1.01. The monoisotopic (exact) mass is 502 g/mol. The molecule has 2 aromatic carbocycles. The van der Waals surface area contributed by atoms with Crippen LogP contribution >= 0.6 is 0 Å². The molecular formula is C26H32F2N4O4. The molecule has 1 fully saturated rings. The highest BCUT2D eigenvalue weighted by molar-refractivity contribution is 5.94. The average molecular weight is 503 g/mol. The van der Waals surface area contributed by atoms with Gasteiger partial charge in [-0.05, 0) is 41.7 Å². The van der Waals surface area contributed by atoms with Crippen LogP contribution in [-0.4, -0.2) is 78.0 Å². The van der Waals surface area contributed by atoms with E-state index in [-0.39, 0.29) is 50.0 Å². The third-order valence-electron chi connectivity index (χ3n) is 6.08. The molecule has 3 amide bonds. The number of aliphatic hydroxyl groups excluding tert-OH is 1. The second-order valence-electron chi connectivity index (χ2n) is 9.03. The highest BCUT2D eigenvalue weighted by atomic mass is 19.1. The van der Waals surface area contributed by atoms with Gasteiger partial charge in [0.1, 0.15) is 24.7 Å². The van der Waals surface area contributed by atoms with Crippen LogP contribution in [0.5, 0.6) is 0 Å². The van der Waals surface area contributed by atoms with Gasteiger partial charge in [-0.2, -0.15) is 0 Å². The van der Waals surface area contributed by atoms with Gasteiger partial charge in [0.25, 0.3) is 0 Å². The van der Waals surface area contributed by atoms with E-state index < -0.39 is 29.7 Å². The van der Waals surface area contributed by atoms with E-state index in [2.05, 4.69) is 23.6 Å². The lowest BCUT2D eigenvalue weighted by Crippen LogP contribution is -2.56. The number of rotatable bonds is 11. The molecular weight excluding hydrogens is 470 g/mol. The first-order chi connectivity index (χ1) is 17.1. The number of hydrogen-bond donors (Lipinski definition) is 3. The van der Waals surface area contributed by atoms with Crippen molar-refractivity contribution in [3.8, 4) is 0 Å². The predicted molar refractivity (Wildman–Crippen MR) is 130 cm³/mol. The van der Waals surface area contributed by atoms with Crippen molar-refractivity contribution < 1.29 is 28.3 Å². The van der Waals surface area contributed by atoms with Crippen LogP contribution in [0.2, 0.25) is 0 Å². The summed E-state index contributed by atoms with van der Waals surface area (Å²) in [5.41, 5.74) is 2.48. The van der Waals surface area contributed by atoms with Gasteiger partial charge >= 0.3 is 0 Å². The molecule has 0 saturated carbocycles. The zero-order valence-corrected chi connectivity index (χ0v) is 20.5. The number of aliphatic hydroxyl groups is 1. The fraction of sp³-hybridized carbons (Fsp3) is 0.423. The third kappa shape index (κ3) is 7.82. The molecule has 36 heavy (non-hydrogen) atoms. The fourth-order valence-corrected chi connectivity index (χ4v) is 4.07. The van der Waals surface area contributed by atoms with E-state index in [4.69, 9.17) is 0 Å². The van der Waals surface area contributed by atoms with Gasteiger partial charge < -0.3 is 25.5 Å². The van der Waals surface area contributed by atoms with Crippen molar-refractivity contribution in [1.29, 1.82) is 0 Å². The molecule has 8 nitrogen and oxygen atoms in total. The third-order valence-corrected chi connectivity index (χ3v) is 6.08. The number of piperazine rings is 1. The second-order valence-corrected chi connectivity index (χ2v) is 9.03. The van der Waals surface area contributed by atoms with E-state index in [9.17, 15) is 28.3 Å². The second kappa shape index (κ2) is 12.5. The molecule has 3 N–H and O–H groups in total. The lowest BCUT2D eigenvalue weighted by molar-refractivity contribution is -0.150. The van der Waals surface area contributed by atoms with Gasteiger partial charge in [0.05, 0.1) is 18.7 Å². The van der Waals surface area contributed by atoms with Crippen molar-refractivity contribution >= 4 is 17.7 Å². The van der Waals surface area contributed by atoms with Gasteiger partial charge in [-0.3, -0.25) is 14.4 Å². The van der Waals surface area contributed by atoms with E-state index in [1.54, 1.807) is 0 Å². The minimum Gasteiger partial charge on any atom is -0.390 e. The molecule has 0 aliphatic carbocycles. The van der Waals surface area contributed by atoms with Gasteiger partial charge in [0.15, 0.2) is 0 Å². The van der Waals surface area contributed by atoms with E-state index in [1.807, 2.05) is 18.2 Å². The summed E-state index contributed by atoms with van der Waals surface area (Å²) in [6.45, 7) is 1.94. The van der Waals surface area contributed by atoms with Crippen LogP contribution < -0.4 is 10.6 Å². The number of halogens is 2. The number of nitrogens with one attached hydrogen (secondary N) is 2. The highest BCUT2D eigenvalue weighted by Crippen LogP contribution is 2.13. The first kappa shape index (κ1) is 27.2. The molecule has 194 valence electrons. The number of hydrogen-bond acceptors (Lipinski definition) is 5. The first-order valence-electron chi connectivity index (χ1n) is 11.9. The maximum absolute atomic E-state index is 13.7. The summed E-state index contributed by atoms with van der Waals surface area (Å²) in [6, 6.07) is 10.1. The number of benzene rings is 2. The maximum Gasteiger partial charge on any atom is 0.243 e. The molecule has 1 saturated heterocycles. The molecule has 1 aliphatic rings. The van der Waals surface area contributed by atoms with Gasteiger partial charge in [0, 0.05) is 26.2 Å². The summed E-state index contributed by atoms with van der Waals surface area (Å²) in [5.74, 6) is -2.77. The van der Waals surface area contributed by atoms with Crippen LogP contribution in [0, 0.1) is 11.6 Å². The summed E-state index contributed by atoms with van der Waals surface area (Å²) in [7, 11) is 1.51. The average Bonchev–Trinajstić information content (AvgIpc) is 2.81. The first-order valence-corrected chi connectivity index (χ1v) is 11.9. The molecule has 2 aromatic rings. The van der Waals surface area contributed by atoms with Gasteiger partial charge in [-0.15, -0.1) is 0 Å². The van der Waals surface area contributed by atoms with Crippen molar-refractivity contribution in [3.63, 3.8) is 0 Å². The Morgan fingerprint density at radius 2 is 1.72 bits per heavy atom. The SMILES string of the molecule is CCc1cccc(CNCC(O)C(Cc2cc(F)cc(F)c2)NC(=O)CN2CC(=O)N(C)CC2=O)c1. The summed E-state index contributed by atoms with van der Waals surface area (Å²) >= 11 is 0. The summed E-state index contributed by atoms with van der Waals surface area (Å²) in [6.07, 6.45) is -0.236. The Labute approximate surface area is 209 Å². The smallest absolute Gasteiger partial charge is 0.243 e. The quantitative estimate of drug-likeness (QED) is 0.426. The van der Waals surface area contributed by atoms with Crippen LogP contribution in [0.3, 0.4) is 0 Å². The zero-order chi connectivity index (χ0) is 26.2. The minimum atomic E-state index is -1.10. The van der Waals surface area contributed by atoms with E-state index >= 15 is 0 Å². The Morgan fingerprint density at radius 3 is 2.42 bits per heavy atom.